The van der Waals surface area contributed by atoms with Crippen LogP contribution in [0.2, 0.25) is 5.02 Å². The van der Waals surface area contributed by atoms with E-state index in [1.165, 1.54) is 18.2 Å². The van der Waals surface area contributed by atoms with E-state index in [4.69, 9.17) is 21.1 Å². The van der Waals surface area contributed by atoms with Gasteiger partial charge in [0.2, 0.25) is 0 Å². The monoisotopic (exact) mass is 401 g/mol. The smallest absolute Gasteiger partial charge is 0.416 e. The second kappa shape index (κ2) is 6.41. The number of ether oxygens (including phenoxy) is 2. The molecule has 1 aliphatic rings. The summed E-state index contributed by atoms with van der Waals surface area (Å²) in [5, 5.41) is 11.7. The number of carbonyl (C=O) groups is 1. The maximum Gasteiger partial charge on any atom is 0.416 e. The first-order valence-corrected chi connectivity index (χ1v) is 7.86. The highest BCUT2D eigenvalue weighted by Crippen LogP contribution is 2.48. The first-order valence-electron chi connectivity index (χ1n) is 7.48. The molecule has 0 aliphatic carbocycles. The molecule has 1 heterocycles. The van der Waals surface area contributed by atoms with Gasteiger partial charge >= 0.3 is 12.1 Å². The summed E-state index contributed by atoms with van der Waals surface area (Å²) >= 11 is 5.98. The van der Waals surface area contributed by atoms with E-state index in [1.54, 1.807) is 0 Å². The Kier molecular flexibility index (Phi) is 4.51. The quantitative estimate of drug-likeness (QED) is 0.439. The standard InChI is InChI=1S/C17H11ClF3NO5/c1-26-15(23)16(8-27-14-5-3-10(18)7-12(14)16)11-4-2-9(17(19,20)21)6-13(11)22(24)25/h2-7H,8H2,1H3. The van der Waals surface area contributed by atoms with Gasteiger partial charge in [0, 0.05) is 16.7 Å². The van der Waals surface area contributed by atoms with E-state index < -0.39 is 33.7 Å². The van der Waals surface area contributed by atoms with Gasteiger partial charge in [0.25, 0.3) is 5.69 Å². The summed E-state index contributed by atoms with van der Waals surface area (Å²) in [5.74, 6) is -0.676. The van der Waals surface area contributed by atoms with Crippen LogP contribution in [-0.2, 0) is 21.1 Å². The number of benzene rings is 2. The lowest BCUT2D eigenvalue weighted by molar-refractivity contribution is -0.386. The fraction of sp³-hybridized carbons (Fsp3) is 0.235. The van der Waals surface area contributed by atoms with Crippen LogP contribution in [0.4, 0.5) is 18.9 Å². The lowest BCUT2D eigenvalue weighted by atomic mass is 9.75. The van der Waals surface area contributed by atoms with Crippen molar-refractivity contribution in [1.82, 2.24) is 0 Å². The van der Waals surface area contributed by atoms with Crippen LogP contribution in [-0.4, -0.2) is 24.6 Å². The normalized spacial score (nSPS) is 18.6. The summed E-state index contributed by atoms with van der Waals surface area (Å²) < 4.78 is 49.3. The number of esters is 1. The van der Waals surface area contributed by atoms with Crippen molar-refractivity contribution in [2.75, 3.05) is 13.7 Å². The second-order valence-electron chi connectivity index (χ2n) is 5.81. The molecule has 0 saturated carbocycles. The minimum Gasteiger partial charge on any atom is -0.491 e. The zero-order valence-electron chi connectivity index (χ0n) is 13.7. The number of nitrogens with zero attached hydrogens (tertiary/aromatic N) is 1. The van der Waals surface area contributed by atoms with Crippen LogP contribution >= 0.6 is 11.6 Å². The predicted molar refractivity (Wildman–Crippen MR) is 87.8 cm³/mol. The molecule has 0 spiro atoms. The van der Waals surface area contributed by atoms with E-state index in [0.29, 0.717) is 12.1 Å². The average Bonchev–Trinajstić information content (AvgIpc) is 2.99. The Morgan fingerprint density at radius 3 is 2.56 bits per heavy atom. The van der Waals surface area contributed by atoms with Gasteiger partial charge in [-0.3, -0.25) is 14.9 Å². The summed E-state index contributed by atoms with van der Waals surface area (Å²) in [5.41, 5.74) is -3.98. The fourth-order valence-electron chi connectivity index (χ4n) is 3.12. The molecule has 1 aliphatic heterocycles. The number of nitro benzene ring substituents is 1. The summed E-state index contributed by atoms with van der Waals surface area (Å²) in [4.78, 5) is 23.2. The molecule has 2 aromatic carbocycles. The van der Waals surface area contributed by atoms with Crippen molar-refractivity contribution in [2.24, 2.45) is 0 Å². The molecule has 6 nitrogen and oxygen atoms in total. The van der Waals surface area contributed by atoms with Crippen LogP contribution in [0.3, 0.4) is 0 Å². The van der Waals surface area contributed by atoms with Gasteiger partial charge in [-0.25, -0.2) is 0 Å². The highest BCUT2D eigenvalue weighted by Gasteiger charge is 2.53. The number of alkyl halides is 3. The number of hydrogen-bond acceptors (Lipinski definition) is 5. The highest BCUT2D eigenvalue weighted by atomic mass is 35.5. The predicted octanol–water partition coefficient (Wildman–Crippen LogP) is 4.12. The Morgan fingerprint density at radius 2 is 1.96 bits per heavy atom. The van der Waals surface area contributed by atoms with Crippen molar-refractivity contribution in [2.45, 2.75) is 11.6 Å². The fourth-order valence-corrected chi connectivity index (χ4v) is 3.29. The van der Waals surface area contributed by atoms with Crippen LogP contribution in [0, 0.1) is 10.1 Å². The minimum absolute atomic E-state index is 0.185. The van der Waals surface area contributed by atoms with Crippen molar-refractivity contribution in [1.29, 1.82) is 0 Å². The Labute approximate surface area is 155 Å². The molecule has 2 aromatic rings. The Bertz CT molecular complexity index is 947. The van der Waals surface area contributed by atoms with E-state index in [-0.39, 0.29) is 28.5 Å². The summed E-state index contributed by atoms with van der Waals surface area (Å²) in [7, 11) is 1.07. The summed E-state index contributed by atoms with van der Waals surface area (Å²) in [6, 6.07) is 6.31. The molecule has 3 rings (SSSR count). The maximum atomic E-state index is 13.0. The van der Waals surface area contributed by atoms with Crippen molar-refractivity contribution < 1.29 is 32.4 Å². The molecule has 0 amide bonds. The molecule has 27 heavy (non-hydrogen) atoms. The molecule has 0 saturated heterocycles. The van der Waals surface area contributed by atoms with Gasteiger partial charge in [0.15, 0.2) is 5.41 Å². The Balaban J connectivity index is 2.33. The van der Waals surface area contributed by atoms with Crippen LogP contribution in [0.15, 0.2) is 36.4 Å². The molecule has 10 heteroatoms. The summed E-state index contributed by atoms with van der Waals surface area (Å²) in [6.07, 6.45) is -4.78. The van der Waals surface area contributed by atoms with Crippen LogP contribution in [0.5, 0.6) is 5.75 Å². The number of methoxy groups -OCH3 is 1. The minimum atomic E-state index is -4.78. The molecule has 0 N–H and O–H groups in total. The first-order chi connectivity index (χ1) is 12.6. The zero-order valence-corrected chi connectivity index (χ0v) is 14.4. The number of halogens is 4. The molecule has 0 radical (unpaired) electrons. The average molecular weight is 402 g/mol. The van der Waals surface area contributed by atoms with Crippen LogP contribution in [0.1, 0.15) is 16.7 Å². The molecular weight excluding hydrogens is 391 g/mol. The molecule has 0 aromatic heterocycles. The molecule has 0 bridgehead atoms. The number of nitro groups is 1. The molecule has 142 valence electrons. The van der Waals surface area contributed by atoms with Gasteiger partial charge in [0.1, 0.15) is 12.4 Å². The van der Waals surface area contributed by atoms with Crippen molar-refractivity contribution in [3.8, 4) is 5.75 Å². The Morgan fingerprint density at radius 1 is 1.26 bits per heavy atom. The highest BCUT2D eigenvalue weighted by molar-refractivity contribution is 6.30. The number of fused-ring (bicyclic) bond motifs is 1. The van der Waals surface area contributed by atoms with Gasteiger partial charge in [-0.05, 0) is 30.3 Å². The third kappa shape index (κ3) is 2.97. The van der Waals surface area contributed by atoms with E-state index in [2.05, 4.69) is 0 Å². The molecule has 0 fully saturated rings. The van der Waals surface area contributed by atoms with Gasteiger partial charge in [-0.1, -0.05) is 11.6 Å². The Hall–Kier alpha value is -2.81. The third-order valence-electron chi connectivity index (χ3n) is 4.36. The topological polar surface area (TPSA) is 78.7 Å². The molecule has 1 unspecified atom stereocenters. The van der Waals surface area contributed by atoms with E-state index in [9.17, 15) is 28.1 Å². The summed E-state index contributed by atoms with van der Waals surface area (Å²) in [6.45, 7) is -0.373. The van der Waals surface area contributed by atoms with Gasteiger partial charge in [-0.15, -0.1) is 0 Å². The largest absolute Gasteiger partial charge is 0.491 e. The lowest BCUT2D eigenvalue weighted by Crippen LogP contribution is -2.40. The van der Waals surface area contributed by atoms with Crippen molar-refractivity contribution >= 4 is 23.3 Å². The number of hydrogen-bond donors (Lipinski definition) is 0. The van der Waals surface area contributed by atoms with Crippen molar-refractivity contribution in [3.63, 3.8) is 0 Å². The van der Waals surface area contributed by atoms with Crippen LogP contribution < -0.4 is 4.74 Å². The van der Waals surface area contributed by atoms with Gasteiger partial charge < -0.3 is 9.47 Å². The molecule has 1 atom stereocenters. The van der Waals surface area contributed by atoms with E-state index in [0.717, 1.165) is 13.2 Å². The van der Waals surface area contributed by atoms with Crippen molar-refractivity contribution in [3.05, 3.63) is 68.2 Å². The maximum absolute atomic E-state index is 13.0. The lowest BCUT2D eigenvalue weighted by Gasteiger charge is -2.25. The van der Waals surface area contributed by atoms with Gasteiger partial charge in [0.05, 0.1) is 23.2 Å². The number of rotatable bonds is 3. The zero-order chi connectivity index (χ0) is 20.0. The van der Waals surface area contributed by atoms with Crippen LogP contribution in [0.25, 0.3) is 0 Å². The third-order valence-corrected chi connectivity index (χ3v) is 4.60. The SMILES string of the molecule is COC(=O)C1(c2ccc(C(F)(F)F)cc2[N+](=O)[O-])COc2ccc(Cl)cc21. The second-order valence-corrected chi connectivity index (χ2v) is 6.25. The van der Waals surface area contributed by atoms with E-state index >= 15 is 0 Å². The number of carbonyl (C=O) groups excluding carboxylic acids is 1. The first kappa shape index (κ1) is 19.0. The van der Waals surface area contributed by atoms with E-state index in [1.807, 2.05) is 0 Å². The van der Waals surface area contributed by atoms with Gasteiger partial charge in [-0.2, -0.15) is 13.2 Å². The molecular formula is C17H11ClF3NO5.